The summed E-state index contributed by atoms with van der Waals surface area (Å²) >= 11 is 0. The summed E-state index contributed by atoms with van der Waals surface area (Å²) in [5.74, 6) is 0.0786. The molecular weight excluding hydrogens is 297 g/mol. The van der Waals surface area contributed by atoms with Crippen molar-refractivity contribution < 1.29 is 14.0 Å². The lowest BCUT2D eigenvalue weighted by atomic mass is 10.1. The lowest BCUT2D eigenvalue weighted by molar-refractivity contribution is 0.0724. The highest BCUT2D eigenvalue weighted by atomic mass is 19.1. The van der Waals surface area contributed by atoms with Crippen LogP contribution in [0.4, 0.5) is 9.18 Å². The molecule has 0 saturated carbocycles. The maximum Gasteiger partial charge on any atom is 0.317 e. The molecule has 2 fully saturated rings. The van der Waals surface area contributed by atoms with E-state index in [1.54, 1.807) is 12.1 Å². The van der Waals surface area contributed by atoms with Gasteiger partial charge in [-0.15, -0.1) is 0 Å². The quantitative estimate of drug-likeness (QED) is 0.928. The predicted molar refractivity (Wildman–Crippen MR) is 84.9 cm³/mol. The smallest absolute Gasteiger partial charge is 0.317 e. The maximum atomic E-state index is 12.7. The fraction of sp³-hybridized carbons (Fsp3) is 0.529. The Labute approximate surface area is 135 Å². The van der Waals surface area contributed by atoms with Crippen molar-refractivity contribution >= 4 is 11.9 Å². The predicted octanol–water partition coefficient (Wildman–Crippen LogP) is 2.18. The topological polar surface area (TPSA) is 52.7 Å². The number of likely N-dealkylation sites (tertiary alicyclic amines) is 2. The molecule has 0 spiro atoms. The highest BCUT2D eigenvalue weighted by Gasteiger charge is 2.30. The highest BCUT2D eigenvalue weighted by molar-refractivity contribution is 5.94. The first-order valence-electron chi connectivity index (χ1n) is 8.18. The second-order valence-electron chi connectivity index (χ2n) is 6.21. The Morgan fingerprint density at radius 1 is 1.04 bits per heavy atom. The monoisotopic (exact) mass is 319 g/mol. The number of piperidine rings is 1. The molecule has 0 aromatic heterocycles. The number of urea groups is 1. The Hall–Kier alpha value is -2.11. The number of hydrogen-bond donors (Lipinski definition) is 1. The van der Waals surface area contributed by atoms with Gasteiger partial charge in [-0.05, 0) is 37.0 Å². The molecule has 0 bridgehead atoms. The fourth-order valence-corrected chi connectivity index (χ4v) is 2.92. The van der Waals surface area contributed by atoms with Crippen molar-refractivity contribution in [3.63, 3.8) is 0 Å². The number of nitrogens with zero attached hydrogens (tertiary/aromatic N) is 2. The molecule has 3 amide bonds. The van der Waals surface area contributed by atoms with Gasteiger partial charge in [0.1, 0.15) is 6.17 Å². The van der Waals surface area contributed by atoms with Gasteiger partial charge in [-0.1, -0.05) is 12.1 Å². The van der Waals surface area contributed by atoms with Gasteiger partial charge in [0, 0.05) is 25.2 Å². The van der Waals surface area contributed by atoms with E-state index in [2.05, 4.69) is 5.32 Å². The Kier molecular flexibility index (Phi) is 4.79. The number of benzene rings is 1. The summed E-state index contributed by atoms with van der Waals surface area (Å²) in [6.07, 6.45) is 2.46. The number of nitrogens with one attached hydrogen (secondary N) is 1. The minimum absolute atomic E-state index is 0.0786. The lowest BCUT2D eigenvalue weighted by Crippen LogP contribution is -2.54. The van der Waals surface area contributed by atoms with E-state index in [-0.39, 0.29) is 25.0 Å². The zero-order chi connectivity index (χ0) is 16.2. The second kappa shape index (κ2) is 6.98. The van der Waals surface area contributed by atoms with Gasteiger partial charge in [-0.2, -0.15) is 0 Å². The molecule has 0 radical (unpaired) electrons. The van der Waals surface area contributed by atoms with Crippen LogP contribution >= 0.6 is 0 Å². The largest absolute Gasteiger partial charge is 0.339 e. The van der Waals surface area contributed by atoms with Crippen molar-refractivity contribution in [1.82, 2.24) is 15.1 Å². The number of amides is 3. The van der Waals surface area contributed by atoms with Crippen molar-refractivity contribution in [1.29, 1.82) is 0 Å². The van der Waals surface area contributed by atoms with Gasteiger partial charge in [0.05, 0.1) is 13.1 Å². The molecule has 0 aliphatic carbocycles. The van der Waals surface area contributed by atoms with E-state index in [4.69, 9.17) is 0 Å². The number of rotatable bonds is 3. The average molecular weight is 319 g/mol. The van der Waals surface area contributed by atoms with Crippen molar-refractivity contribution in [3.8, 4) is 0 Å². The van der Waals surface area contributed by atoms with E-state index >= 15 is 0 Å². The fourth-order valence-electron chi connectivity index (χ4n) is 2.92. The summed E-state index contributed by atoms with van der Waals surface area (Å²) in [5, 5.41) is 2.76. The summed E-state index contributed by atoms with van der Waals surface area (Å²) in [6.45, 7) is 2.40. The number of carbonyl (C=O) groups is 2. The molecule has 0 unspecified atom stereocenters. The summed E-state index contributed by atoms with van der Waals surface area (Å²) in [7, 11) is 0. The number of alkyl halides is 1. The number of halogens is 1. The third-order valence-corrected chi connectivity index (χ3v) is 4.41. The van der Waals surface area contributed by atoms with Crippen LogP contribution in [0.2, 0.25) is 0 Å². The van der Waals surface area contributed by atoms with Crippen LogP contribution in [0.15, 0.2) is 24.3 Å². The molecule has 23 heavy (non-hydrogen) atoms. The van der Waals surface area contributed by atoms with Gasteiger partial charge in [-0.25, -0.2) is 9.18 Å². The molecule has 3 rings (SSSR count). The standard InChI is InChI=1S/C17H22FN3O2/c18-15-11-21(12-15)17(23)19-10-13-4-6-14(7-5-13)16(22)20-8-2-1-3-9-20/h4-7,15H,1-3,8-12H2,(H,19,23). The Balaban J connectivity index is 1.50. The van der Waals surface area contributed by atoms with Gasteiger partial charge in [-0.3, -0.25) is 4.79 Å². The summed E-state index contributed by atoms with van der Waals surface area (Å²) in [5.41, 5.74) is 1.61. The average Bonchev–Trinajstić information content (AvgIpc) is 2.57. The second-order valence-corrected chi connectivity index (χ2v) is 6.21. The minimum atomic E-state index is -0.888. The maximum absolute atomic E-state index is 12.7. The van der Waals surface area contributed by atoms with E-state index in [0.717, 1.165) is 31.5 Å². The summed E-state index contributed by atoms with van der Waals surface area (Å²) in [4.78, 5) is 27.4. The molecule has 2 heterocycles. The molecule has 2 aliphatic rings. The Morgan fingerprint density at radius 3 is 2.30 bits per heavy atom. The highest BCUT2D eigenvalue weighted by Crippen LogP contribution is 2.14. The molecule has 1 aromatic carbocycles. The third kappa shape index (κ3) is 3.81. The number of hydrogen-bond acceptors (Lipinski definition) is 2. The molecule has 1 aromatic rings. The SMILES string of the molecule is O=C(NCc1ccc(C(=O)N2CCCCC2)cc1)N1CC(F)C1. The first-order valence-corrected chi connectivity index (χ1v) is 8.18. The van der Waals surface area contributed by atoms with Gasteiger partial charge in [0.25, 0.3) is 5.91 Å². The normalized spacial score (nSPS) is 18.5. The van der Waals surface area contributed by atoms with E-state index < -0.39 is 6.17 Å². The molecular formula is C17H22FN3O2. The molecule has 1 N–H and O–H groups in total. The molecule has 6 heteroatoms. The van der Waals surface area contributed by atoms with Crippen LogP contribution in [-0.2, 0) is 6.54 Å². The molecule has 0 atom stereocenters. The van der Waals surface area contributed by atoms with E-state index in [1.165, 1.54) is 11.3 Å². The van der Waals surface area contributed by atoms with Gasteiger partial charge < -0.3 is 15.1 Å². The van der Waals surface area contributed by atoms with Crippen LogP contribution in [0, 0.1) is 0 Å². The van der Waals surface area contributed by atoms with Crippen LogP contribution in [-0.4, -0.2) is 54.1 Å². The number of carbonyl (C=O) groups excluding carboxylic acids is 2. The summed E-state index contributed by atoms with van der Waals surface area (Å²) in [6, 6.07) is 7.07. The lowest BCUT2D eigenvalue weighted by Gasteiger charge is -2.34. The molecule has 124 valence electrons. The van der Waals surface area contributed by atoms with Crippen LogP contribution in [0.25, 0.3) is 0 Å². The Morgan fingerprint density at radius 2 is 1.70 bits per heavy atom. The summed E-state index contributed by atoms with van der Waals surface area (Å²) < 4.78 is 12.7. The first-order chi connectivity index (χ1) is 11.1. The van der Waals surface area contributed by atoms with Crippen LogP contribution < -0.4 is 5.32 Å². The van der Waals surface area contributed by atoms with Gasteiger partial charge >= 0.3 is 6.03 Å². The van der Waals surface area contributed by atoms with Crippen LogP contribution in [0.5, 0.6) is 0 Å². The van der Waals surface area contributed by atoms with Crippen molar-refractivity contribution in [2.75, 3.05) is 26.2 Å². The Bertz CT molecular complexity index is 564. The molecule has 2 aliphatic heterocycles. The van der Waals surface area contributed by atoms with Crippen LogP contribution in [0.1, 0.15) is 35.2 Å². The van der Waals surface area contributed by atoms with Crippen molar-refractivity contribution in [2.45, 2.75) is 32.0 Å². The van der Waals surface area contributed by atoms with Crippen molar-refractivity contribution in [3.05, 3.63) is 35.4 Å². The minimum Gasteiger partial charge on any atom is -0.339 e. The van der Waals surface area contributed by atoms with Gasteiger partial charge in [0.2, 0.25) is 0 Å². The first kappa shape index (κ1) is 15.8. The van der Waals surface area contributed by atoms with Crippen molar-refractivity contribution in [2.24, 2.45) is 0 Å². The van der Waals surface area contributed by atoms with Gasteiger partial charge in [0.15, 0.2) is 0 Å². The van der Waals surface area contributed by atoms with Crippen LogP contribution in [0.3, 0.4) is 0 Å². The zero-order valence-electron chi connectivity index (χ0n) is 13.1. The molecule has 2 saturated heterocycles. The molecule has 5 nitrogen and oxygen atoms in total. The zero-order valence-corrected chi connectivity index (χ0v) is 13.1. The van der Waals surface area contributed by atoms with E-state index in [9.17, 15) is 14.0 Å². The van der Waals surface area contributed by atoms with E-state index in [1.807, 2.05) is 17.0 Å². The van der Waals surface area contributed by atoms with E-state index in [0.29, 0.717) is 12.1 Å². The third-order valence-electron chi connectivity index (χ3n) is 4.41.